The van der Waals surface area contributed by atoms with E-state index in [2.05, 4.69) is 0 Å². The molecule has 0 spiro atoms. The van der Waals surface area contributed by atoms with E-state index in [1.165, 1.54) is 6.92 Å². The highest BCUT2D eigenvalue weighted by molar-refractivity contribution is 5.44. The summed E-state index contributed by atoms with van der Waals surface area (Å²) in [6.07, 6.45) is 0.470. The number of rotatable bonds is 2. The molecule has 5 heteroatoms. The van der Waals surface area contributed by atoms with Gasteiger partial charge in [0.2, 0.25) is 0 Å². The van der Waals surface area contributed by atoms with Crippen LogP contribution in [0.3, 0.4) is 0 Å². The highest BCUT2D eigenvalue weighted by Gasteiger charge is 2.39. The quantitative estimate of drug-likeness (QED) is 0.561. The maximum Gasteiger partial charge on any atom is 0.116 e. The lowest BCUT2D eigenvalue weighted by Gasteiger charge is -2.42. The summed E-state index contributed by atoms with van der Waals surface area (Å²) in [7, 11) is 0. The number of aliphatic hydroxyl groups is 2. The number of ether oxygens (including phenoxy) is 1. The van der Waals surface area contributed by atoms with E-state index in [1.807, 2.05) is 13.8 Å². The molecule has 1 heterocycles. The van der Waals surface area contributed by atoms with Crippen molar-refractivity contribution in [3.05, 3.63) is 0 Å². The van der Waals surface area contributed by atoms with Gasteiger partial charge >= 0.3 is 0 Å². The van der Waals surface area contributed by atoms with Gasteiger partial charge in [-0.05, 0) is 19.8 Å². The first-order valence-corrected chi connectivity index (χ1v) is 5.55. The molecule has 5 atom stereocenters. The zero-order chi connectivity index (χ0) is 12.7. The molecule has 96 valence electrons. The summed E-state index contributed by atoms with van der Waals surface area (Å²) < 4.78 is 5.51. The third-order valence-electron chi connectivity index (χ3n) is 3.12. The van der Waals surface area contributed by atoms with Gasteiger partial charge in [-0.2, -0.15) is 0 Å². The van der Waals surface area contributed by atoms with Crippen LogP contribution in [0.2, 0.25) is 0 Å². The Balaban J connectivity index is 0.000000673. The molecule has 0 radical (unpaired) electrons. The topological polar surface area (TPSA) is 92.8 Å². The lowest BCUT2D eigenvalue weighted by molar-refractivity contribution is -0.131. The molecule has 1 aliphatic heterocycles. The number of hydrogen-bond donors (Lipinski definition) is 3. The van der Waals surface area contributed by atoms with Crippen molar-refractivity contribution in [2.24, 2.45) is 17.6 Å². The van der Waals surface area contributed by atoms with Crippen LogP contribution in [0.5, 0.6) is 0 Å². The number of aliphatic hydroxyl groups excluding tert-OH is 2. The molecule has 1 rings (SSSR count). The SMILES string of the molecule is CC1O[C@@H](CO)C(N)[C@H](CO)[C@@H]1C.CC=O. The van der Waals surface area contributed by atoms with E-state index in [4.69, 9.17) is 25.5 Å². The molecule has 5 nitrogen and oxygen atoms in total. The summed E-state index contributed by atoms with van der Waals surface area (Å²) in [4.78, 5) is 8.81. The fraction of sp³-hybridized carbons (Fsp3) is 0.909. The average Bonchev–Trinajstić information content (AvgIpc) is 2.25. The molecular weight excluding hydrogens is 210 g/mol. The van der Waals surface area contributed by atoms with Crippen LogP contribution in [0.4, 0.5) is 0 Å². The van der Waals surface area contributed by atoms with E-state index in [0.29, 0.717) is 0 Å². The van der Waals surface area contributed by atoms with E-state index >= 15 is 0 Å². The maximum absolute atomic E-state index is 9.15. The number of hydrogen-bond acceptors (Lipinski definition) is 5. The Morgan fingerprint density at radius 3 is 2.19 bits per heavy atom. The Morgan fingerprint density at radius 2 is 1.81 bits per heavy atom. The summed E-state index contributed by atoms with van der Waals surface area (Å²) in [5.74, 6) is 0.267. The van der Waals surface area contributed by atoms with Gasteiger partial charge in [-0.1, -0.05) is 6.92 Å². The predicted molar refractivity (Wildman–Crippen MR) is 60.9 cm³/mol. The van der Waals surface area contributed by atoms with Crippen molar-refractivity contribution in [2.75, 3.05) is 13.2 Å². The minimum atomic E-state index is -0.330. The van der Waals surface area contributed by atoms with E-state index in [1.54, 1.807) is 0 Å². The van der Waals surface area contributed by atoms with E-state index in [-0.39, 0.29) is 43.3 Å². The predicted octanol–water partition coefficient (Wildman–Crippen LogP) is -0.457. The Bertz CT molecular complexity index is 200. The third kappa shape index (κ3) is 3.83. The van der Waals surface area contributed by atoms with Crippen molar-refractivity contribution in [1.82, 2.24) is 0 Å². The molecule has 0 aromatic rings. The molecule has 0 amide bonds. The van der Waals surface area contributed by atoms with Crippen LogP contribution in [-0.2, 0) is 9.53 Å². The molecule has 2 unspecified atom stereocenters. The normalized spacial score (nSPS) is 38.5. The lowest BCUT2D eigenvalue weighted by atomic mass is 9.80. The molecule has 1 saturated heterocycles. The Kier molecular flexibility index (Phi) is 7.49. The molecule has 0 saturated carbocycles. The fourth-order valence-corrected chi connectivity index (χ4v) is 1.92. The first kappa shape index (κ1) is 15.5. The highest BCUT2D eigenvalue weighted by atomic mass is 16.5. The summed E-state index contributed by atoms with van der Waals surface area (Å²) in [6.45, 7) is 5.39. The van der Waals surface area contributed by atoms with Crippen molar-refractivity contribution in [1.29, 1.82) is 0 Å². The molecule has 0 aromatic carbocycles. The number of nitrogens with two attached hydrogens (primary N) is 1. The first-order chi connectivity index (χ1) is 7.53. The van der Waals surface area contributed by atoms with E-state index < -0.39 is 0 Å². The minimum absolute atomic E-state index is 0.0286. The Hall–Kier alpha value is -0.490. The van der Waals surface area contributed by atoms with Crippen LogP contribution < -0.4 is 5.73 Å². The van der Waals surface area contributed by atoms with Crippen LogP contribution >= 0.6 is 0 Å². The van der Waals surface area contributed by atoms with Gasteiger partial charge < -0.3 is 25.5 Å². The van der Waals surface area contributed by atoms with Crippen LogP contribution in [-0.4, -0.2) is 48.0 Å². The summed E-state index contributed by atoms with van der Waals surface area (Å²) in [6, 6.07) is -0.263. The Labute approximate surface area is 96.6 Å². The van der Waals surface area contributed by atoms with Crippen LogP contribution in [0.15, 0.2) is 0 Å². The monoisotopic (exact) mass is 233 g/mol. The third-order valence-corrected chi connectivity index (χ3v) is 3.12. The van der Waals surface area contributed by atoms with Gasteiger partial charge in [0, 0.05) is 18.6 Å². The van der Waals surface area contributed by atoms with Gasteiger partial charge in [0.15, 0.2) is 0 Å². The van der Waals surface area contributed by atoms with Crippen molar-refractivity contribution in [2.45, 2.75) is 39.0 Å². The lowest BCUT2D eigenvalue weighted by Crippen LogP contribution is -2.56. The van der Waals surface area contributed by atoms with Crippen LogP contribution in [0, 0.1) is 11.8 Å². The van der Waals surface area contributed by atoms with Crippen molar-refractivity contribution < 1.29 is 19.7 Å². The average molecular weight is 233 g/mol. The van der Waals surface area contributed by atoms with E-state index in [9.17, 15) is 0 Å². The molecular formula is C11H23NO4. The highest BCUT2D eigenvalue weighted by Crippen LogP contribution is 2.29. The molecule has 1 aliphatic rings. The zero-order valence-electron chi connectivity index (χ0n) is 10.2. The molecule has 4 N–H and O–H groups in total. The summed E-state index contributed by atoms with van der Waals surface area (Å²) in [5.41, 5.74) is 5.85. The van der Waals surface area contributed by atoms with Gasteiger partial charge in [-0.15, -0.1) is 0 Å². The number of aldehydes is 1. The van der Waals surface area contributed by atoms with Gasteiger partial charge in [0.05, 0.1) is 18.8 Å². The maximum atomic E-state index is 9.15. The zero-order valence-corrected chi connectivity index (χ0v) is 10.2. The smallest absolute Gasteiger partial charge is 0.116 e. The molecule has 1 fully saturated rings. The second kappa shape index (κ2) is 7.73. The second-order valence-corrected chi connectivity index (χ2v) is 4.08. The van der Waals surface area contributed by atoms with Crippen molar-refractivity contribution in [3.63, 3.8) is 0 Å². The largest absolute Gasteiger partial charge is 0.396 e. The summed E-state index contributed by atoms with van der Waals surface area (Å²) >= 11 is 0. The molecule has 0 aromatic heterocycles. The van der Waals surface area contributed by atoms with Crippen molar-refractivity contribution >= 4 is 6.29 Å². The van der Waals surface area contributed by atoms with Crippen molar-refractivity contribution in [3.8, 4) is 0 Å². The van der Waals surface area contributed by atoms with Gasteiger partial charge in [-0.25, -0.2) is 0 Å². The van der Waals surface area contributed by atoms with Gasteiger partial charge in [0.25, 0.3) is 0 Å². The summed E-state index contributed by atoms with van der Waals surface area (Å²) in [5, 5.41) is 18.1. The van der Waals surface area contributed by atoms with Crippen LogP contribution in [0.1, 0.15) is 20.8 Å². The fourth-order valence-electron chi connectivity index (χ4n) is 1.92. The van der Waals surface area contributed by atoms with E-state index in [0.717, 1.165) is 6.29 Å². The molecule has 16 heavy (non-hydrogen) atoms. The molecule has 0 bridgehead atoms. The number of carbonyl (C=O) groups is 1. The van der Waals surface area contributed by atoms with Gasteiger partial charge in [-0.3, -0.25) is 0 Å². The first-order valence-electron chi connectivity index (χ1n) is 5.55. The molecule has 0 aliphatic carbocycles. The number of carbonyl (C=O) groups excluding carboxylic acids is 1. The minimum Gasteiger partial charge on any atom is -0.396 e. The second-order valence-electron chi connectivity index (χ2n) is 4.08. The Morgan fingerprint density at radius 1 is 1.31 bits per heavy atom. The standard InChI is InChI=1S/C9H19NO3.C2H4O/c1-5-6(2)13-8(4-12)9(10)7(5)3-11;1-2-3/h5-9,11-12H,3-4,10H2,1-2H3;2H,1H3/t5-,6?,7-,8+,9?;/m1./s1. The van der Waals surface area contributed by atoms with Crippen LogP contribution in [0.25, 0.3) is 0 Å². The van der Waals surface area contributed by atoms with Gasteiger partial charge in [0.1, 0.15) is 6.29 Å².